The molecule has 0 atom stereocenters. The van der Waals surface area contributed by atoms with Gasteiger partial charge in [0.1, 0.15) is 0 Å². The van der Waals surface area contributed by atoms with Gasteiger partial charge in [-0.25, -0.2) is 8.42 Å². The van der Waals surface area contributed by atoms with Crippen molar-refractivity contribution in [2.45, 2.75) is 31.1 Å². The number of methoxy groups -OCH3 is 2. The zero-order valence-electron chi connectivity index (χ0n) is 20.0. The van der Waals surface area contributed by atoms with E-state index in [1.807, 2.05) is 11.8 Å². The van der Waals surface area contributed by atoms with Crippen LogP contribution in [0.25, 0.3) is 0 Å². The number of benzene rings is 2. The number of aryl methyl sites for hydroxylation is 1. The van der Waals surface area contributed by atoms with E-state index in [9.17, 15) is 13.2 Å². The van der Waals surface area contributed by atoms with Crippen LogP contribution in [0.1, 0.15) is 35.2 Å². The van der Waals surface area contributed by atoms with E-state index in [2.05, 4.69) is 9.62 Å². The summed E-state index contributed by atoms with van der Waals surface area (Å²) < 4.78 is 39.2. The first kappa shape index (κ1) is 24.3. The van der Waals surface area contributed by atoms with E-state index >= 15 is 0 Å². The highest BCUT2D eigenvalue weighted by Gasteiger charge is 2.27. The first-order chi connectivity index (χ1) is 16.3. The summed E-state index contributed by atoms with van der Waals surface area (Å²) in [6.07, 6.45) is 3.60. The zero-order chi connectivity index (χ0) is 24.3. The van der Waals surface area contributed by atoms with Crippen LogP contribution < -0.4 is 14.2 Å². The molecule has 2 aromatic carbocycles. The lowest BCUT2D eigenvalue weighted by atomic mass is 10.1. The highest BCUT2D eigenvalue weighted by molar-refractivity contribution is 7.92. The zero-order valence-corrected chi connectivity index (χ0v) is 20.9. The van der Waals surface area contributed by atoms with Gasteiger partial charge in [0, 0.05) is 37.8 Å². The largest absolute Gasteiger partial charge is 0.493 e. The molecule has 0 radical (unpaired) electrons. The van der Waals surface area contributed by atoms with E-state index in [0.717, 1.165) is 37.5 Å². The number of rotatable bonds is 8. The quantitative estimate of drug-likeness (QED) is 0.614. The summed E-state index contributed by atoms with van der Waals surface area (Å²) in [6.45, 7) is 6.24. The van der Waals surface area contributed by atoms with Crippen LogP contribution in [0.3, 0.4) is 0 Å². The van der Waals surface area contributed by atoms with Gasteiger partial charge in [-0.2, -0.15) is 0 Å². The summed E-state index contributed by atoms with van der Waals surface area (Å²) in [7, 11) is -0.952. The minimum Gasteiger partial charge on any atom is -0.493 e. The maximum absolute atomic E-state index is 13.2. The Kier molecular flexibility index (Phi) is 7.33. The normalized spacial score (nSPS) is 17.2. The Morgan fingerprint density at radius 3 is 2.47 bits per heavy atom. The van der Waals surface area contributed by atoms with Gasteiger partial charge in [0.2, 0.25) is 0 Å². The van der Waals surface area contributed by atoms with Gasteiger partial charge < -0.3 is 19.3 Å². The molecule has 0 bridgehead atoms. The molecule has 2 aromatic rings. The molecule has 184 valence electrons. The van der Waals surface area contributed by atoms with E-state index in [-0.39, 0.29) is 10.8 Å². The fourth-order valence-corrected chi connectivity index (χ4v) is 5.39. The summed E-state index contributed by atoms with van der Waals surface area (Å²) in [5.74, 6) is 1.53. The lowest BCUT2D eigenvalue weighted by Crippen LogP contribution is -2.35. The van der Waals surface area contributed by atoms with E-state index < -0.39 is 10.0 Å². The van der Waals surface area contributed by atoms with Crippen LogP contribution >= 0.6 is 0 Å². The van der Waals surface area contributed by atoms with Crippen LogP contribution in [0.5, 0.6) is 11.5 Å². The smallest absolute Gasteiger partial charge is 0.262 e. The molecule has 34 heavy (non-hydrogen) atoms. The van der Waals surface area contributed by atoms with E-state index in [1.54, 1.807) is 24.3 Å². The van der Waals surface area contributed by atoms with Crippen molar-refractivity contribution in [3.8, 4) is 11.5 Å². The predicted molar refractivity (Wildman–Crippen MR) is 131 cm³/mol. The number of anilines is 1. The summed E-state index contributed by atoms with van der Waals surface area (Å²) in [5, 5.41) is 0. The predicted octanol–water partition coefficient (Wildman–Crippen LogP) is 3.37. The average Bonchev–Trinajstić information content (AvgIpc) is 3.67. The van der Waals surface area contributed by atoms with E-state index in [1.165, 1.54) is 39.2 Å². The van der Waals surface area contributed by atoms with Crippen molar-refractivity contribution in [2.75, 3.05) is 51.7 Å². The number of carbonyl (C=O) groups excluding carboxylic acids is 1. The van der Waals surface area contributed by atoms with Gasteiger partial charge >= 0.3 is 0 Å². The van der Waals surface area contributed by atoms with Crippen molar-refractivity contribution in [2.24, 2.45) is 5.92 Å². The summed E-state index contributed by atoms with van der Waals surface area (Å²) >= 11 is 0. The van der Waals surface area contributed by atoms with Crippen molar-refractivity contribution in [3.05, 3.63) is 47.5 Å². The Bertz CT molecular complexity index is 1150. The maximum atomic E-state index is 13.2. The molecule has 0 unspecified atom stereocenters. The van der Waals surface area contributed by atoms with Gasteiger partial charge in [-0.05, 0) is 68.5 Å². The second-order valence-electron chi connectivity index (χ2n) is 9.04. The van der Waals surface area contributed by atoms with Crippen molar-refractivity contribution in [3.63, 3.8) is 0 Å². The molecule has 0 aromatic heterocycles. The van der Waals surface area contributed by atoms with Gasteiger partial charge in [-0.3, -0.25) is 9.52 Å². The number of ether oxygens (including phenoxy) is 2. The monoisotopic (exact) mass is 487 g/mol. The van der Waals surface area contributed by atoms with Crippen molar-refractivity contribution in [1.29, 1.82) is 0 Å². The molecule has 2 fully saturated rings. The molecule has 9 heteroatoms. The minimum atomic E-state index is -3.90. The fraction of sp³-hybridized carbons (Fsp3) is 0.480. The number of nitrogens with one attached hydrogen (secondary N) is 1. The lowest BCUT2D eigenvalue weighted by Gasteiger charge is -2.22. The molecular weight excluding hydrogens is 454 g/mol. The Morgan fingerprint density at radius 2 is 1.76 bits per heavy atom. The van der Waals surface area contributed by atoms with E-state index in [4.69, 9.17) is 9.47 Å². The van der Waals surface area contributed by atoms with Gasteiger partial charge in [-0.1, -0.05) is 6.07 Å². The van der Waals surface area contributed by atoms with E-state index in [0.29, 0.717) is 35.8 Å². The molecule has 1 aliphatic heterocycles. The van der Waals surface area contributed by atoms with Crippen LogP contribution in [0.2, 0.25) is 0 Å². The van der Waals surface area contributed by atoms with Gasteiger partial charge in [0.25, 0.3) is 15.9 Å². The molecule has 2 aliphatic rings. The number of amides is 1. The fourth-order valence-electron chi connectivity index (χ4n) is 4.26. The number of sulfonamides is 1. The molecule has 1 amide bonds. The number of carbonyl (C=O) groups is 1. The minimum absolute atomic E-state index is 0.0459. The Labute approximate surface area is 201 Å². The Morgan fingerprint density at radius 1 is 1.00 bits per heavy atom. The first-order valence-electron chi connectivity index (χ1n) is 11.7. The third kappa shape index (κ3) is 5.64. The topological polar surface area (TPSA) is 88.2 Å². The standard InChI is InChI=1S/C25H33N3O5S/c1-18-5-8-20(25(29)28-12-4-11-27(13-14-28)17-19-6-7-19)15-22(18)26-34(30,31)21-9-10-23(32-2)24(16-21)33-3/h5,8-10,15-16,19,26H,4,6-7,11-14,17H2,1-3H3. The summed E-state index contributed by atoms with van der Waals surface area (Å²) in [4.78, 5) is 17.6. The molecule has 1 aliphatic carbocycles. The van der Waals surface area contributed by atoms with Crippen LogP contribution in [-0.4, -0.2) is 71.1 Å². The van der Waals surface area contributed by atoms with Crippen molar-refractivity contribution >= 4 is 21.6 Å². The molecule has 0 spiro atoms. The number of hydrogen-bond acceptors (Lipinski definition) is 6. The van der Waals surface area contributed by atoms with Crippen molar-refractivity contribution in [1.82, 2.24) is 9.80 Å². The lowest BCUT2D eigenvalue weighted by molar-refractivity contribution is 0.0761. The van der Waals surface area contributed by atoms with Crippen molar-refractivity contribution < 1.29 is 22.7 Å². The number of hydrogen-bond donors (Lipinski definition) is 1. The highest BCUT2D eigenvalue weighted by Crippen LogP contribution is 2.31. The molecule has 1 N–H and O–H groups in total. The number of nitrogens with zero attached hydrogens (tertiary/aromatic N) is 2. The Hall–Kier alpha value is -2.78. The highest BCUT2D eigenvalue weighted by atomic mass is 32.2. The molecule has 1 saturated heterocycles. The Balaban J connectivity index is 1.49. The molecule has 1 saturated carbocycles. The maximum Gasteiger partial charge on any atom is 0.262 e. The SMILES string of the molecule is COc1ccc(S(=O)(=O)Nc2cc(C(=O)N3CCCN(CC4CC4)CC3)ccc2C)cc1OC. The summed E-state index contributed by atoms with van der Waals surface area (Å²) in [6, 6.07) is 9.58. The van der Waals surface area contributed by atoms with Crippen LogP contribution in [-0.2, 0) is 10.0 Å². The summed E-state index contributed by atoms with van der Waals surface area (Å²) in [5.41, 5.74) is 1.59. The molecule has 1 heterocycles. The average molecular weight is 488 g/mol. The van der Waals surface area contributed by atoms with Gasteiger partial charge in [-0.15, -0.1) is 0 Å². The van der Waals surface area contributed by atoms with Crippen LogP contribution in [0.15, 0.2) is 41.3 Å². The third-order valence-corrected chi connectivity index (χ3v) is 7.85. The van der Waals surface area contributed by atoms with Gasteiger partial charge in [0.15, 0.2) is 11.5 Å². The molecule has 4 rings (SSSR count). The third-order valence-electron chi connectivity index (χ3n) is 6.48. The second kappa shape index (κ2) is 10.2. The molecular formula is C25H33N3O5S. The second-order valence-corrected chi connectivity index (χ2v) is 10.7. The molecule has 8 nitrogen and oxygen atoms in total. The first-order valence-corrected chi connectivity index (χ1v) is 13.2. The van der Waals surface area contributed by atoms with Crippen LogP contribution in [0, 0.1) is 12.8 Å². The van der Waals surface area contributed by atoms with Gasteiger partial charge in [0.05, 0.1) is 24.8 Å². The van der Waals surface area contributed by atoms with Crippen LogP contribution in [0.4, 0.5) is 5.69 Å².